The van der Waals surface area contributed by atoms with E-state index >= 15 is 0 Å². The number of hydrogen-bond acceptors (Lipinski definition) is 5. The summed E-state index contributed by atoms with van der Waals surface area (Å²) in [4.78, 5) is 12.2. The van der Waals surface area contributed by atoms with Crippen molar-refractivity contribution in [3.63, 3.8) is 0 Å². The Bertz CT molecular complexity index is 998. The van der Waals surface area contributed by atoms with Crippen molar-refractivity contribution in [3.05, 3.63) is 52.6 Å². The molecule has 0 saturated carbocycles. The van der Waals surface area contributed by atoms with E-state index in [0.717, 1.165) is 0 Å². The van der Waals surface area contributed by atoms with Gasteiger partial charge in [-0.2, -0.15) is 22.1 Å². The Hall–Kier alpha value is -2.14. The third-order valence-electron chi connectivity index (χ3n) is 4.74. The van der Waals surface area contributed by atoms with E-state index < -0.39 is 16.0 Å². The number of aromatic nitrogens is 2. The minimum atomic E-state index is -3.55. The molecule has 27 heavy (non-hydrogen) atoms. The zero-order chi connectivity index (χ0) is 19.0. The molecule has 10 heteroatoms. The molecule has 0 radical (unpaired) electrons. The largest absolute Gasteiger partial charge is 0.379 e. The van der Waals surface area contributed by atoms with Crippen LogP contribution in [0.3, 0.4) is 0 Å². The topological polar surface area (TPSA) is 84.7 Å². The molecule has 4 rings (SSSR count). The van der Waals surface area contributed by atoms with Gasteiger partial charge in [0, 0.05) is 37.8 Å². The summed E-state index contributed by atoms with van der Waals surface area (Å²) in [5, 5.41) is 4.32. The van der Waals surface area contributed by atoms with Crippen LogP contribution in [-0.2, 0) is 14.9 Å². The van der Waals surface area contributed by atoms with E-state index in [4.69, 9.17) is 4.74 Å². The van der Waals surface area contributed by atoms with Crippen LogP contribution in [0.4, 0.5) is 4.39 Å². The molecule has 0 bridgehead atoms. The highest BCUT2D eigenvalue weighted by molar-refractivity contribution is 7.86. The minimum Gasteiger partial charge on any atom is -0.379 e. The minimum absolute atomic E-state index is 0.180. The van der Waals surface area contributed by atoms with Crippen molar-refractivity contribution in [2.45, 2.75) is 6.04 Å². The number of ether oxygens (including phenoxy) is 1. The SMILES string of the molecule is O=c1ccc(-c2cccc(F)c2)nn1C1CN(S(=O)(=O)N2CCOCC2)C1. The van der Waals surface area contributed by atoms with E-state index in [1.807, 2.05) is 0 Å². The number of rotatable bonds is 4. The molecule has 2 fully saturated rings. The predicted octanol–water partition coefficient (Wildman–Crippen LogP) is 0.483. The molecule has 2 aliphatic heterocycles. The first kappa shape index (κ1) is 18.2. The molecular weight excluding hydrogens is 375 g/mol. The summed E-state index contributed by atoms with van der Waals surface area (Å²) in [6.07, 6.45) is 0. The molecular formula is C17H19FN4O4S. The maximum Gasteiger partial charge on any atom is 0.282 e. The Labute approximate surface area is 156 Å². The molecule has 0 unspecified atom stereocenters. The highest BCUT2D eigenvalue weighted by atomic mass is 32.2. The van der Waals surface area contributed by atoms with Gasteiger partial charge in [0.05, 0.1) is 24.9 Å². The Morgan fingerprint density at radius 3 is 2.52 bits per heavy atom. The first-order chi connectivity index (χ1) is 12.9. The van der Waals surface area contributed by atoms with E-state index in [9.17, 15) is 17.6 Å². The van der Waals surface area contributed by atoms with Crippen LogP contribution < -0.4 is 5.56 Å². The lowest BCUT2D eigenvalue weighted by Gasteiger charge is -2.41. The van der Waals surface area contributed by atoms with Crippen LogP contribution >= 0.6 is 0 Å². The van der Waals surface area contributed by atoms with E-state index in [2.05, 4.69) is 5.10 Å². The summed E-state index contributed by atoms with van der Waals surface area (Å²) < 4.78 is 47.9. The molecule has 2 aliphatic rings. The molecule has 1 aromatic heterocycles. The Morgan fingerprint density at radius 1 is 1.07 bits per heavy atom. The fourth-order valence-corrected chi connectivity index (χ4v) is 4.85. The van der Waals surface area contributed by atoms with Crippen molar-refractivity contribution < 1.29 is 17.5 Å². The van der Waals surface area contributed by atoms with E-state index in [1.165, 1.54) is 37.6 Å². The number of halogens is 1. The molecule has 0 aliphatic carbocycles. The molecule has 1 aromatic carbocycles. The van der Waals surface area contributed by atoms with Crippen LogP contribution in [0.1, 0.15) is 6.04 Å². The molecule has 8 nitrogen and oxygen atoms in total. The van der Waals surface area contributed by atoms with Gasteiger partial charge in [-0.25, -0.2) is 9.07 Å². The number of hydrogen-bond donors (Lipinski definition) is 0. The normalized spacial score (nSPS) is 19.7. The van der Waals surface area contributed by atoms with Crippen LogP contribution in [0.2, 0.25) is 0 Å². The molecule has 0 atom stereocenters. The molecule has 2 aromatic rings. The third-order valence-corrected chi connectivity index (χ3v) is 6.71. The van der Waals surface area contributed by atoms with Crippen LogP contribution in [-0.4, -0.2) is 66.2 Å². The second-order valence-corrected chi connectivity index (χ2v) is 8.43. The number of morpholine rings is 1. The van der Waals surface area contributed by atoms with E-state index in [-0.39, 0.29) is 24.7 Å². The van der Waals surface area contributed by atoms with Gasteiger partial charge in [-0.15, -0.1) is 0 Å². The molecule has 2 saturated heterocycles. The Morgan fingerprint density at radius 2 is 1.81 bits per heavy atom. The zero-order valence-electron chi connectivity index (χ0n) is 14.5. The quantitative estimate of drug-likeness (QED) is 0.753. The predicted molar refractivity (Wildman–Crippen MR) is 95.8 cm³/mol. The van der Waals surface area contributed by atoms with Gasteiger partial charge in [0.1, 0.15) is 5.82 Å². The van der Waals surface area contributed by atoms with Crippen molar-refractivity contribution in [1.82, 2.24) is 18.4 Å². The van der Waals surface area contributed by atoms with Gasteiger partial charge in [-0.1, -0.05) is 12.1 Å². The van der Waals surface area contributed by atoms with Crippen LogP contribution in [0, 0.1) is 5.82 Å². The molecule has 0 spiro atoms. The summed E-state index contributed by atoms with van der Waals surface area (Å²) in [5.74, 6) is -0.390. The maximum absolute atomic E-state index is 13.4. The van der Waals surface area contributed by atoms with Gasteiger partial charge in [0.2, 0.25) is 0 Å². The fourth-order valence-electron chi connectivity index (χ4n) is 3.19. The number of benzene rings is 1. The fraction of sp³-hybridized carbons (Fsp3) is 0.412. The summed E-state index contributed by atoms with van der Waals surface area (Å²) in [6.45, 7) is 1.78. The summed E-state index contributed by atoms with van der Waals surface area (Å²) in [7, 11) is -3.55. The summed E-state index contributed by atoms with van der Waals surface area (Å²) in [6, 6.07) is 8.51. The Kier molecular flexibility index (Phi) is 4.81. The van der Waals surface area contributed by atoms with Gasteiger partial charge in [-0.3, -0.25) is 4.79 Å². The van der Waals surface area contributed by atoms with Crippen molar-refractivity contribution in [2.24, 2.45) is 0 Å². The van der Waals surface area contributed by atoms with E-state index in [0.29, 0.717) is 37.6 Å². The average Bonchev–Trinajstić information content (AvgIpc) is 2.62. The smallest absolute Gasteiger partial charge is 0.282 e. The Balaban J connectivity index is 1.52. The number of nitrogens with zero attached hydrogens (tertiary/aromatic N) is 4. The van der Waals surface area contributed by atoms with Gasteiger partial charge in [-0.05, 0) is 18.2 Å². The third kappa shape index (κ3) is 3.53. The average molecular weight is 394 g/mol. The first-order valence-corrected chi connectivity index (χ1v) is 10.0. The second kappa shape index (κ2) is 7.12. The zero-order valence-corrected chi connectivity index (χ0v) is 15.3. The van der Waals surface area contributed by atoms with Crippen LogP contribution in [0.5, 0.6) is 0 Å². The summed E-state index contributed by atoms with van der Waals surface area (Å²) in [5.41, 5.74) is 0.702. The highest BCUT2D eigenvalue weighted by Gasteiger charge is 2.41. The lowest BCUT2D eigenvalue weighted by molar-refractivity contribution is 0.0661. The van der Waals surface area contributed by atoms with Crippen molar-refractivity contribution >= 4 is 10.2 Å². The van der Waals surface area contributed by atoms with Gasteiger partial charge < -0.3 is 4.74 Å². The van der Waals surface area contributed by atoms with Gasteiger partial charge in [0.15, 0.2) is 0 Å². The van der Waals surface area contributed by atoms with Gasteiger partial charge in [0.25, 0.3) is 15.8 Å². The summed E-state index contributed by atoms with van der Waals surface area (Å²) >= 11 is 0. The van der Waals surface area contributed by atoms with Crippen LogP contribution in [0.15, 0.2) is 41.2 Å². The van der Waals surface area contributed by atoms with Crippen LogP contribution in [0.25, 0.3) is 11.3 Å². The molecule has 0 amide bonds. The maximum atomic E-state index is 13.4. The van der Waals surface area contributed by atoms with Crippen molar-refractivity contribution in [3.8, 4) is 11.3 Å². The van der Waals surface area contributed by atoms with Gasteiger partial charge >= 0.3 is 0 Å². The van der Waals surface area contributed by atoms with Crippen molar-refractivity contribution in [2.75, 3.05) is 39.4 Å². The monoisotopic (exact) mass is 394 g/mol. The molecule has 0 N–H and O–H groups in total. The van der Waals surface area contributed by atoms with Crippen molar-refractivity contribution in [1.29, 1.82) is 0 Å². The highest BCUT2D eigenvalue weighted by Crippen LogP contribution is 2.26. The molecule has 144 valence electrons. The standard InChI is InChI=1S/C17H19FN4O4S/c18-14-3-1-2-13(10-14)16-4-5-17(23)22(19-16)15-11-21(12-15)27(24,25)20-6-8-26-9-7-20/h1-5,10,15H,6-9,11-12H2. The molecule has 3 heterocycles. The second-order valence-electron chi connectivity index (χ2n) is 6.50. The lowest BCUT2D eigenvalue weighted by atomic mass is 10.1. The van der Waals surface area contributed by atoms with E-state index in [1.54, 1.807) is 12.1 Å². The first-order valence-electron chi connectivity index (χ1n) is 8.64. The lowest BCUT2D eigenvalue weighted by Crippen LogP contribution is -2.58.